The van der Waals surface area contributed by atoms with E-state index in [1.165, 1.54) is 25.7 Å². The molecule has 17 heavy (non-hydrogen) atoms. The molecule has 3 rings (SSSR count). The third kappa shape index (κ3) is 1.57. The molecule has 0 amide bonds. The molecule has 0 atom stereocenters. The predicted molar refractivity (Wildman–Crippen MR) is 66.1 cm³/mol. The zero-order valence-electron chi connectivity index (χ0n) is 9.86. The lowest BCUT2D eigenvalue weighted by Gasteiger charge is -2.06. The van der Waals surface area contributed by atoms with Crippen molar-refractivity contribution in [2.45, 2.75) is 38.1 Å². The fourth-order valence-corrected chi connectivity index (χ4v) is 2.90. The van der Waals surface area contributed by atoms with Crippen LogP contribution in [-0.2, 0) is 13.6 Å². The summed E-state index contributed by atoms with van der Waals surface area (Å²) in [6.07, 6.45) is 5.02. The van der Waals surface area contributed by atoms with Crippen LogP contribution < -0.4 is 5.73 Å². The summed E-state index contributed by atoms with van der Waals surface area (Å²) >= 11 is 6.19. The smallest absolute Gasteiger partial charge is 0.233 e. The van der Waals surface area contributed by atoms with Crippen LogP contribution in [0.25, 0.3) is 5.78 Å². The molecule has 1 aliphatic rings. The predicted octanol–water partition coefficient (Wildman–Crippen LogP) is 1.84. The summed E-state index contributed by atoms with van der Waals surface area (Å²) in [5, 5.41) is 5.14. The third-order valence-corrected chi connectivity index (χ3v) is 3.99. The molecule has 5 nitrogen and oxygen atoms in total. The Morgan fingerprint density at radius 1 is 1.41 bits per heavy atom. The van der Waals surface area contributed by atoms with E-state index in [0.29, 0.717) is 23.3 Å². The van der Waals surface area contributed by atoms with Gasteiger partial charge in [0.05, 0.1) is 5.69 Å². The molecule has 92 valence electrons. The summed E-state index contributed by atoms with van der Waals surface area (Å²) in [7, 11) is 2.00. The van der Waals surface area contributed by atoms with E-state index in [1.54, 1.807) is 4.52 Å². The van der Waals surface area contributed by atoms with Gasteiger partial charge in [-0.2, -0.15) is 9.61 Å². The Morgan fingerprint density at radius 3 is 2.71 bits per heavy atom. The van der Waals surface area contributed by atoms with Gasteiger partial charge in [0.2, 0.25) is 5.78 Å². The molecule has 2 N–H and O–H groups in total. The van der Waals surface area contributed by atoms with Gasteiger partial charge in [-0.3, -0.25) is 4.57 Å². The number of aromatic nitrogens is 4. The lowest BCUT2D eigenvalue weighted by Crippen LogP contribution is -2.04. The van der Waals surface area contributed by atoms with Gasteiger partial charge in [0, 0.05) is 19.5 Å². The maximum atomic E-state index is 6.19. The van der Waals surface area contributed by atoms with Crippen molar-refractivity contribution >= 4 is 17.4 Å². The molecule has 0 saturated heterocycles. The van der Waals surface area contributed by atoms with Gasteiger partial charge in [0.25, 0.3) is 0 Å². The van der Waals surface area contributed by atoms with E-state index >= 15 is 0 Å². The fourth-order valence-electron chi connectivity index (χ4n) is 2.67. The van der Waals surface area contributed by atoms with Crippen LogP contribution in [0.4, 0.5) is 0 Å². The lowest BCUT2D eigenvalue weighted by atomic mass is 10.1. The minimum atomic E-state index is 0.348. The molecule has 0 spiro atoms. The van der Waals surface area contributed by atoms with E-state index in [-0.39, 0.29) is 0 Å². The average Bonchev–Trinajstić information content (AvgIpc) is 2.99. The number of hydrogen-bond acceptors (Lipinski definition) is 3. The van der Waals surface area contributed by atoms with E-state index in [9.17, 15) is 0 Å². The standard InChI is InChI=1S/C11H16ClN5/c1-16-10(7-4-2-3-5-7)15-17-9(12)8(6-13)14-11(16)17/h7H,2-6,13H2,1H3. The number of aryl methyl sites for hydroxylation is 1. The number of nitrogens with zero attached hydrogens (tertiary/aromatic N) is 4. The van der Waals surface area contributed by atoms with E-state index < -0.39 is 0 Å². The Morgan fingerprint density at radius 2 is 2.12 bits per heavy atom. The molecular formula is C11H16ClN5. The minimum Gasteiger partial charge on any atom is -0.325 e. The first kappa shape index (κ1) is 11.0. The molecule has 1 aliphatic carbocycles. The Labute approximate surface area is 105 Å². The van der Waals surface area contributed by atoms with Gasteiger partial charge in [-0.1, -0.05) is 24.4 Å². The highest BCUT2D eigenvalue weighted by molar-refractivity contribution is 6.30. The fraction of sp³-hybridized carbons (Fsp3) is 0.636. The van der Waals surface area contributed by atoms with Crippen molar-refractivity contribution in [1.82, 2.24) is 19.2 Å². The molecule has 0 bridgehead atoms. The van der Waals surface area contributed by atoms with Crippen molar-refractivity contribution < 1.29 is 0 Å². The minimum absolute atomic E-state index is 0.348. The van der Waals surface area contributed by atoms with E-state index in [1.807, 2.05) is 11.6 Å². The molecule has 0 radical (unpaired) electrons. The van der Waals surface area contributed by atoms with Crippen LogP contribution in [0.1, 0.15) is 43.1 Å². The van der Waals surface area contributed by atoms with Crippen molar-refractivity contribution in [2.75, 3.05) is 0 Å². The SMILES string of the molecule is Cn1c(C2CCCC2)nn2c(Cl)c(CN)nc12. The van der Waals surface area contributed by atoms with Crippen molar-refractivity contribution in [3.05, 3.63) is 16.7 Å². The number of nitrogens with two attached hydrogens (primary N) is 1. The summed E-state index contributed by atoms with van der Waals surface area (Å²) in [5.41, 5.74) is 6.30. The van der Waals surface area contributed by atoms with E-state index in [4.69, 9.17) is 17.3 Å². The molecule has 2 aromatic heterocycles. The molecule has 2 heterocycles. The maximum Gasteiger partial charge on any atom is 0.233 e. The van der Waals surface area contributed by atoms with Crippen molar-refractivity contribution in [2.24, 2.45) is 12.8 Å². The zero-order valence-corrected chi connectivity index (χ0v) is 10.6. The number of halogens is 1. The van der Waals surface area contributed by atoms with E-state index in [0.717, 1.165) is 11.6 Å². The first-order chi connectivity index (χ1) is 8.22. The zero-order chi connectivity index (χ0) is 12.0. The Balaban J connectivity index is 2.12. The normalized spacial score (nSPS) is 17.4. The van der Waals surface area contributed by atoms with E-state index in [2.05, 4.69) is 10.1 Å². The van der Waals surface area contributed by atoms with Gasteiger partial charge in [-0.15, -0.1) is 0 Å². The van der Waals surface area contributed by atoms with Gasteiger partial charge < -0.3 is 5.73 Å². The second-order valence-corrected chi connectivity index (χ2v) is 5.02. The molecule has 0 unspecified atom stereocenters. The van der Waals surface area contributed by atoms with Crippen molar-refractivity contribution in [3.63, 3.8) is 0 Å². The van der Waals surface area contributed by atoms with Gasteiger partial charge in [-0.25, -0.2) is 4.98 Å². The molecule has 0 aromatic carbocycles. The highest BCUT2D eigenvalue weighted by Gasteiger charge is 2.24. The maximum absolute atomic E-state index is 6.19. The first-order valence-electron chi connectivity index (χ1n) is 6.02. The molecule has 1 saturated carbocycles. The van der Waals surface area contributed by atoms with Crippen molar-refractivity contribution in [1.29, 1.82) is 0 Å². The van der Waals surface area contributed by atoms with Gasteiger partial charge >= 0.3 is 0 Å². The molecule has 2 aromatic rings. The molecular weight excluding hydrogens is 238 g/mol. The lowest BCUT2D eigenvalue weighted by molar-refractivity contribution is 0.628. The number of hydrogen-bond donors (Lipinski definition) is 1. The van der Waals surface area contributed by atoms with Crippen LogP contribution in [0.5, 0.6) is 0 Å². The van der Waals surface area contributed by atoms with Crippen LogP contribution in [0.15, 0.2) is 0 Å². The summed E-state index contributed by atoms with van der Waals surface area (Å²) in [4.78, 5) is 4.43. The number of fused-ring (bicyclic) bond motifs is 1. The van der Waals surface area contributed by atoms with Gasteiger partial charge in [-0.05, 0) is 12.8 Å². The van der Waals surface area contributed by atoms with Crippen LogP contribution in [0, 0.1) is 0 Å². The van der Waals surface area contributed by atoms with Crippen LogP contribution in [0.3, 0.4) is 0 Å². The summed E-state index contributed by atoms with van der Waals surface area (Å²) in [6, 6.07) is 0. The average molecular weight is 254 g/mol. The molecule has 1 fully saturated rings. The summed E-state index contributed by atoms with van der Waals surface area (Å²) in [6.45, 7) is 0.348. The van der Waals surface area contributed by atoms with Crippen LogP contribution >= 0.6 is 11.6 Å². The van der Waals surface area contributed by atoms with Gasteiger partial charge in [0.15, 0.2) is 5.15 Å². The first-order valence-corrected chi connectivity index (χ1v) is 6.40. The van der Waals surface area contributed by atoms with Crippen LogP contribution in [0.2, 0.25) is 5.15 Å². The second kappa shape index (κ2) is 3.99. The molecule has 0 aliphatic heterocycles. The van der Waals surface area contributed by atoms with Gasteiger partial charge in [0.1, 0.15) is 5.82 Å². The monoisotopic (exact) mass is 253 g/mol. The second-order valence-electron chi connectivity index (χ2n) is 4.66. The summed E-state index contributed by atoms with van der Waals surface area (Å²) < 4.78 is 3.75. The highest BCUT2D eigenvalue weighted by Crippen LogP contribution is 2.34. The largest absolute Gasteiger partial charge is 0.325 e. The third-order valence-electron chi connectivity index (χ3n) is 3.61. The van der Waals surface area contributed by atoms with Crippen LogP contribution in [-0.4, -0.2) is 19.2 Å². The quantitative estimate of drug-likeness (QED) is 0.888. The Kier molecular flexibility index (Phi) is 2.60. The Bertz CT molecular complexity index is 550. The number of imidazole rings is 1. The molecule has 6 heteroatoms. The Hall–Kier alpha value is -1.07. The number of rotatable bonds is 2. The highest BCUT2D eigenvalue weighted by atomic mass is 35.5. The summed E-state index contributed by atoms with van der Waals surface area (Å²) in [5.74, 6) is 2.44. The van der Waals surface area contributed by atoms with Crippen molar-refractivity contribution in [3.8, 4) is 0 Å². The topological polar surface area (TPSA) is 61.1 Å².